The van der Waals surface area contributed by atoms with Crippen LogP contribution in [0.2, 0.25) is 0 Å². The van der Waals surface area contributed by atoms with Crippen molar-refractivity contribution in [3.05, 3.63) is 18.2 Å². The summed E-state index contributed by atoms with van der Waals surface area (Å²) in [5.41, 5.74) is 6.36. The van der Waals surface area contributed by atoms with E-state index >= 15 is 0 Å². The summed E-state index contributed by atoms with van der Waals surface area (Å²) in [5, 5.41) is 11.7. The molecule has 0 bridgehead atoms. The number of fused-ring (bicyclic) bond motifs is 1. The number of aromatic nitrogens is 4. The number of hydrogen-bond acceptors (Lipinski definition) is 5. The monoisotopic (exact) mass is 248 g/mol. The van der Waals surface area contributed by atoms with Crippen LogP contribution in [0.5, 0.6) is 0 Å². The number of anilines is 1. The molecule has 0 radical (unpaired) electrons. The number of hydrogen-bond donors (Lipinski definition) is 2. The molecule has 0 saturated heterocycles. The Balaban J connectivity index is 2.36. The number of nitrogens with zero attached hydrogens (tertiary/aromatic N) is 4. The van der Waals surface area contributed by atoms with E-state index < -0.39 is 0 Å². The molecule has 2 rings (SSSR count). The highest BCUT2D eigenvalue weighted by Gasteiger charge is 2.23. The van der Waals surface area contributed by atoms with Crippen LogP contribution in [0.1, 0.15) is 32.5 Å². The quantitative estimate of drug-likeness (QED) is 0.835. The predicted molar refractivity (Wildman–Crippen MR) is 71.5 cm³/mol. The molecule has 0 spiro atoms. The molecule has 6 heteroatoms. The lowest BCUT2D eigenvalue weighted by Crippen LogP contribution is -2.36. The number of nitrogens with two attached hydrogens (primary N) is 1. The molecule has 6 nitrogen and oxygen atoms in total. The Hall–Kier alpha value is -1.69. The maximum atomic E-state index is 5.67. The average molecular weight is 248 g/mol. The average Bonchev–Trinajstić information content (AvgIpc) is 2.73. The predicted octanol–water partition coefficient (Wildman–Crippen LogP) is 1.36. The van der Waals surface area contributed by atoms with Gasteiger partial charge in [-0.2, -0.15) is 0 Å². The van der Waals surface area contributed by atoms with Crippen LogP contribution in [-0.4, -0.2) is 31.7 Å². The van der Waals surface area contributed by atoms with Crippen LogP contribution >= 0.6 is 0 Å². The van der Waals surface area contributed by atoms with Crippen LogP contribution < -0.4 is 11.1 Å². The maximum absolute atomic E-state index is 5.67. The summed E-state index contributed by atoms with van der Waals surface area (Å²) in [5.74, 6) is 1.61. The van der Waals surface area contributed by atoms with Crippen LogP contribution in [0.3, 0.4) is 0 Å². The van der Waals surface area contributed by atoms with Gasteiger partial charge in [-0.15, -0.1) is 10.2 Å². The summed E-state index contributed by atoms with van der Waals surface area (Å²) in [6.45, 7) is 6.85. The molecule has 18 heavy (non-hydrogen) atoms. The first kappa shape index (κ1) is 12.8. The van der Waals surface area contributed by atoms with Gasteiger partial charge in [0.05, 0.1) is 0 Å². The fourth-order valence-electron chi connectivity index (χ4n) is 1.96. The molecule has 98 valence electrons. The molecule has 0 amide bonds. The van der Waals surface area contributed by atoms with E-state index in [0.29, 0.717) is 6.54 Å². The zero-order chi connectivity index (χ0) is 13.2. The third-order valence-corrected chi connectivity index (χ3v) is 3.39. The second-order valence-corrected chi connectivity index (χ2v) is 4.79. The Kier molecular flexibility index (Phi) is 3.47. The lowest BCUT2D eigenvalue weighted by molar-refractivity contribution is 0.462. The van der Waals surface area contributed by atoms with Crippen LogP contribution in [0.4, 0.5) is 5.82 Å². The minimum absolute atomic E-state index is 0.0660. The second-order valence-electron chi connectivity index (χ2n) is 4.79. The van der Waals surface area contributed by atoms with E-state index in [9.17, 15) is 0 Å². The highest BCUT2D eigenvalue weighted by molar-refractivity contribution is 5.63. The third-order valence-electron chi connectivity index (χ3n) is 3.39. The topological polar surface area (TPSA) is 81.1 Å². The van der Waals surface area contributed by atoms with Crippen molar-refractivity contribution in [1.29, 1.82) is 0 Å². The third kappa shape index (κ3) is 2.28. The van der Waals surface area contributed by atoms with Crippen molar-refractivity contribution < 1.29 is 0 Å². The molecule has 0 aromatic carbocycles. The summed E-state index contributed by atoms with van der Waals surface area (Å²) in [6, 6.07) is 0. The van der Waals surface area contributed by atoms with Crippen LogP contribution in [0.15, 0.2) is 12.4 Å². The number of aryl methyl sites for hydroxylation is 1. The molecule has 0 aliphatic heterocycles. The fraction of sp³-hybridized carbons (Fsp3) is 0.583. The van der Waals surface area contributed by atoms with Crippen molar-refractivity contribution in [3.8, 4) is 0 Å². The van der Waals surface area contributed by atoms with E-state index in [0.717, 1.165) is 30.1 Å². The van der Waals surface area contributed by atoms with Gasteiger partial charge in [0.2, 0.25) is 5.65 Å². The molecule has 2 heterocycles. The summed E-state index contributed by atoms with van der Waals surface area (Å²) in [7, 11) is 0. The zero-order valence-electron chi connectivity index (χ0n) is 11.1. The minimum atomic E-state index is -0.0660. The second kappa shape index (κ2) is 4.89. The van der Waals surface area contributed by atoms with E-state index in [4.69, 9.17) is 5.73 Å². The van der Waals surface area contributed by atoms with Gasteiger partial charge < -0.3 is 11.1 Å². The van der Waals surface area contributed by atoms with Crippen molar-refractivity contribution in [2.45, 2.75) is 39.2 Å². The van der Waals surface area contributed by atoms with Gasteiger partial charge in [0, 0.05) is 17.9 Å². The van der Waals surface area contributed by atoms with E-state index in [1.165, 1.54) is 0 Å². The molecule has 3 N–H and O–H groups in total. The highest BCUT2D eigenvalue weighted by atomic mass is 15.3. The summed E-state index contributed by atoms with van der Waals surface area (Å²) in [4.78, 5) is 4.36. The first-order valence-electron chi connectivity index (χ1n) is 6.24. The summed E-state index contributed by atoms with van der Waals surface area (Å²) >= 11 is 0. The van der Waals surface area contributed by atoms with Crippen LogP contribution in [0.25, 0.3) is 5.65 Å². The molecular formula is C12H20N6. The molecule has 1 atom stereocenters. The lowest BCUT2D eigenvalue weighted by atomic mass is 9.94. The van der Waals surface area contributed by atoms with Crippen molar-refractivity contribution in [3.63, 3.8) is 0 Å². The van der Waals surface area contributed by atoms with Crippen molar-refractivity contribution >= 4 is 11.5 Å². The Bertz CT molecular complexity index is 534. The molecule has 2 aromatic rings. The van der Waals surface area contributed by atoms with Gasteiger partial charge in [-0.3, -0.25) is 4.40 Å². The lowest BCUT2D eigenvalue weighted by Gasteiger charge is -2.29. The first-order valence-corrected chi connectivity index (χ1v) is 6.24. The molecule has 1 unspecified atom stereocenters. The van der Waals surface area contributed by atoms with Gasteiger partial charge in [0.25, 0.3) is 0 Å². The molecule has 0 aliphatic rings. The van der Waals surface area contributed by atoms with Gasteiger partial charge in [-0.05, 0) is 33.2 Å². The van der Waals surface area contributed by atoms with Gasteiger partial charge in [-0.25, -0.2) is 4.98 Å². The van der Waals surface area contributed by atoms with Gasteiger partial charge in [0.15, 0.2) is 5.82 Å². The van der Waals surface area contributed by atoms with E-state index in [1.54, 1.807) is 6.20 Å². The Morgan fingerprint density at radius 2 is 2.22 bits per heavy atom. The summed E-state index contributed by atoms with van der Waals surface area (Å²) in [6.07, 6.45) is 5.48. The normalized spacial score (nSPS) is 14.7. The Morgan fingerprint density at radius 3 is 2.89 bits per heavy atom. The van der Waals surface area contributed by atoms with E-state index in [2.05, 4.69) is 34.3 Å². The fourth-order valence-corrected chi connectivity index (χ4v) is 1.96. The van der Waals surface area contributed by atoms with Gasteiger partial charge >= 0.3 is 0 Å². The molecule has 2 aromatic heterocycles. The molecular weight excluding hydrogens is 228 g/mol. The number of nitrogens with one attached hydrogen (secondary N) is 1. The summed E-state index contributed by atoms with van der Waals surface area (Å²) < 4.78 is 1.92. The van der Waals surface area contributed by atoms with Gasteiger partial charge in [0.1, 0.15) is 5.82 Å². The van der Waals surface area contributed by atoms with Gasteiger partial charge in [-0.1, -0.05) is 6.92 Å². The van der Waals surface area contributed by atoms with E-state index in [1.807, 2.05) is 17.5 Å². The molecule has 0 saturated carbocycles. The zero-order valence-corrected chi connectivity index (χ0v) is 11.1. The van der Waals surface area contributed by atoms with Crippen molar-refractivity contribution in [2.24, 2.45) is 5.73 Å². The number of rotatable bonds is 5. The van der Waals surface area contributed by atoms with Crippen LogP contribution in [-0.2, 0) is 0 Å². The van der Waals surface area contributed by atoms with Crippen molar-refractivity contribution in [2.75, 3.05) is 11.9 Å². The standard InChI is InChI=1S/C12H20N6/c1-4-12(3,5-6-13)15-10-11-17-16-9(2)18(11)8-7-14-10/h7-8H,4-6,13H2,1-3H3,(H,14,15). The van der Waals surface area contributed by atoms with Crippen molar-refractivity contribution in [1.82, 2.24) is 19.6 Å². The first-order chi connectivity index (χ1) is 8.59. The van der Waals surface area contributed by atoms with Crippen LogP contribution in [0, 0.1) is 6.92 Å². The Morgan fingerprint density at radius 1 is 1.44 bits per heavy atom. The van der Waals surface area contributed by atoms with E-state index in [-0.39, 0.29) is 5.54 Å². The maximum Gasteiger partial charge on any atom is 0.203 e. The molecule has 0 aliphatic carbocycles. The smallest absolute Gasteiger partial charge is 0.203 e. The highest BCUT2D eigenvalue weighted by Crippen LogP contribution is 2.22. The largest absolute Gasteiger partial charge is 0.362 e. The Labute approximate surface area is 107 Å². The SMILES string of the molecule is CCC(C)(CCN)Nc1nccn2c(C)nnc12. The minimum Gasteiger partial charge on any atom is -0.362 e. The molecule has 0 fully saturated rings.